The van der Waals surface area contributed by atoms with E-state index >= 15 is 0 Å². The van der Waals surface area contributed by atoms with Crippen LogP contribution in [-0.4, -0.2) is 20.1 Å². The lowest BCUT2D eigenvalue weighted by molar-refractivity contribution is 0.487. The largest absolute Gasteiger partial charge is 0.458 e. The van der Waals surface area contributed by atoms with Crippen LogP contribution in [0.25, 0.3) is 0 Å². The summed E-state index contributed by atoms with van der Waals surface area (Å²) in [6.45, 7) is -0.909. The summed E-state index contributed by atoms with van der Waals surface area (Å²) in [6, 6.07) is 99.3. The number of nitrogens with zero attached hydrogens (tertiary/aromatic N) is 8. The first-order valence-corrected chi connectivity index (χ1v) is 29.3. The number of ether oxygens (including phenoxy) is 1. The van der Waals surface area contributed by atoms with E-state index in [9.17, 15) is 15.8 Å². The van der Waals surface area contributed by atoms with Gasteiger partial charge in [-0.1, -0.05) is 140 Å². The molecule has 6 aliphatic rings. The first kappa shape index (κ1) is 48.6. The lowest BCUT2D eigenvalue weighted by Gasteiger charge is -2.48. The summed E-state index contributed by atoms with van der Waals surface area (Å²) in [4.78, 5) is 11.8. The molecule has 12 aromatic carbocycles. The molecule has 12 aromatic rings. The Morgan fingerprint density at radius 3 is 0.931 bits per heavy atom. The van der Waals surface area contributed by atoms with E-state index in [2.05, 4.69) is 267 Å². The predicted molar refractivity (Wildman–Crippen MR) is 354 cm³/mol. The average Bonchev–Trinajstić information content (AvgIpc) is 0.766. The van der Waals surface area contributed by atoms with Crippen LogP contribution in [0.1, 0.15) is 16.7 Å². The minimum atomic E-state index is -0.378. The van der Waals surface area contributed by atoms with E-state index in [1.165, 1.54) is 0 Å². The topological polar surface area (TPSA) is 96.8 Å². The summed E-state index contributed by atoms with van der Waals surface area (Å²) < 4.78 is 6.87. The Kier molecular flexibility index (Phi) is 10.4. The third kappa shape index (κ3) is 6.91. The van der Waals surface area contributed by atoms with Gasteiger partial charge in [0.05, 0.1) is 34.9 Å². The van der Waals surface area contributed by atoms with E-state index < -0.39 is 0 Å². The molecule has 0 aliphatic carbocycles. The molecule has 0 bridgehead atoms. The van der Waals surface area contributed by atoms with Gasteiger partial charge < -0.3 is 29.2 Å². The van der Waals surface area contributed by atoms with Crippen molar-refractivity contribution in [2.45, 2.75) is 0 Å². The average molecular weight is 1100 g/mol. The van der Waals surface area contributed by atoms with Gasteiger partial charge in [0.1, 0.15) is 11.5 Å². The van der Waals surface area contributed by atoms with Crippen LogP contribution >= 0.6 is 0 Å². The molecule has 0 radical (unpaired) electrons. The maximum atomic E-state index is 11.3. The third-order valence-corrected chi connectivity index (χ3v) is 18.4. The van der Waals surface area contributed by atoms with Crippen molar-refractivity contribution in [1.82, 2.24) is 0 Å². The molecule has 18 rings (SSSR count). The fourth-order valence-corrected chi connectivity index (χ4v) is 15.1. The summed E-state index contributed by atoms with van der Waals surface area (Å²) in [7, 11) is 0. The molecule has 6 heterocycles. The Balaban J connectivity index is 0.985. The van der Waals surface area contributed by atoms with E-state index in [-0.39, 0.29) is 20.1 Å². The van der Waals surface area contributed by atoms with Gasteiger partial charge in [0.2, 0.25) is 0 Å². The number of hydrogen-bond donors (Lipinski definition) is 0. The van der Waals surface area contributed by atoms with Gasteiger partial charge in [-0.2, -0.15) is 15.8 Å². The number of nitriles is 3. The number of rotatable bonds is 5. The molecule has 0 unspecified atom stereocenters. The van der Waals surface area contributed by atoms with Crippen molar-refractivity contribution in [2.75, 3.05) is 24.5 Å². The van der Waals surface area contributed by atoms with Gasteiger partial charge in [-0.25, -0.2) is 0 Å². The molecule has 9 nitrogen and oxygen atoms in total. The second-order valence-corrected chi connectivity index (χ2v) is 22.9. The van der Waals surface area contributed by atoms with Gasteiger partial charge in [-0.15, -0.1) is 0 Å². The molecule has 0 fully saturated rings. The molecule has 0 spiro atoms. The lowest BCUT2D eigenvalue weighted by Crippen LogP contribution is -2.66. The van der Waals surface area contributed by atoms with Crippen LogP contribution in [0, 0.1) is 34.0 Å². The highest BCUT2D eigenvalue weighted by molar-refractivity contribution is 7.04. The van der Waals surface area contributed by atoms with Crippen LogP contribution in [0.15, 0.2) is 261 Å². The Morgan fingerprint density at radius 2 is 0.540 bits per heavy atom. The summed E-state index contributed by atoms with van der Waals surface area (Å²) in [5, 5.41) is 33.0. The number of para-hydroxylation sites is 7. The van der Waals surface area contributed by atoms with Gasteiger partial charge in [-0.3, -0.25) is 0 Å². The van der Waals surface area contributed by atoms with Crippen molar-refractivity contribution in [2.24, 2.45) is 0 Å². The van der Waals surface area contributed by atoms with Crippen LogP contribution < -0.4 is 78.4 Å². The smallest absolute Gasteiger partial charge is 0.256 e. The van der Waals surface area contributed by atoms with Crippen LogP contribution in [0.4, 0.5) is 85.3 Å². The lowest BCUT2D eigenvalue weighted by atomic mass is 9.29. The highest BCUT2D eigenvalue weighted by Gasteiger charge is 2.51. The van der Waals surface area contributed by atoms with E-state index in [4.69, 9.17) is 4.74 Å². The molecule has 398 valence electrons. The third-order valence-electron chi connectivity index (χ3n) is 18.4. The molecule has 12 heteroatoms. The van der Waals surface area contributed by atoms with Crippen molar-refractivity contribution < 1.29 is 4.74 Å². The molecule has 87 heavy (non-hydrogen) atoms. The van der Waals surface area contributed by atoms with Gasteiger partial charge in [0, 0.05) is 85.3 Å². The second kappa shape index (κ2) is 18.6. The van der Waals surface area contributed by atoms with E-state index in [0.29, 0.717) is 22.4 Å². The van der Waals surface area contributed by atoms with Crippen molar-refractivity contribution in [3.63, 3.8) is 0 Å². The van der Waals surface area contributed by atoms with Crippen LogP contribution in [-0.2, 0) is 0 Å². The molecule has 0 aromatic heterocycles. The Bertz CT molecular complexity index is 5050. The number of hydrogen-bond acceptors (Lipinski definition) is 9. The Hall–Kier alpha value is -11.9. The molecule has 0 atom stereocenters. The number of anilines is 15. The highest BCUT2D eigenvalue weighted by atomic mass is 16.5. The van der Waals surface area contributed by atoms with Crippen LogP contribution in [0.5, 0.6) is 11.5 Å². The van der Waals surface area contributed by atoms with Gasteiger partial charge >= 0.3 is 0 Å². The predicted octanol–water partition coefficient (Wildman–Crippen LogP) is 11.9. The van der Waals surface area contributed by atoms with Gasteiger partial charge in [0.25, 0.3) is 20.1 Å². The Morgan fingerprint density at radius 1 is 0.241 bits per heavy atom. The molecule has 0 saturated carbocycles. The highest BCUT2D eigenvalue weighted by Crippen LogP contribution is 2.51. The van der Waals surface area contributed by atoms with Crippen LogP contribution in [0.2, 0.25) is 0 Å². The maximum Gasteiger partial charge on any atom is 0.256 e. The fourth-order valence-electron chi connectivity index (χ4n) is 15.1. The fraction of sp³-hybridized carbons (Fsp3) is 0. The SMILES string of the molecule is N#Cc1cc2c3c(c1)N(c1ccccc1)c1cc4c(cc1B3c1ccccc1O2)B1c2cc3c(cc2N(c2ccccc2)c2cc(C#N)cc(c21)N4c1ccccc1)N(c1ccccc1)c1cc(C#N)cc2c1B3c1ccccc1N2c1ccccc1. The maximum absolute atomic E-state index is 11.3. The number of fused-ring (bicyclic) bond motifs is 12. The summed E-state index contributed by atoms with van der Waals surface area (Å²) in [5.41, 5.74) is 25.8. The normalized spacial score (nSPS) is 13.6. The first-order chi connectivity index (χ1) is 43.0. The summed E-state index contributed by atoms with van der Waals surface area (Å²) >= 11 is 0. The molecular formula is C75H43B3N8O. The zero-order valence-electron chi connectivity index (χ0n) is 46.5. The molecular weight excluding hydrogens is 1060 g/mol. The molecule has 0 saturated heterocycles. The van der Waals surface area contributed by atoms with Crippen LogP contribution in [0.3, 0.4) is 0 Å². The van der Waals surface area contributed by atoms with Gasteiger partial charge in [0.15, 0.2) is 0 Å². The molecule has 0 amide bonds. The van der Waals surface area contributed by atoms with Gasteiger partial charge in [-0.05, 0) is 170 Å². The van der Waals surface area contributed by atoms with E-state index in [1.807, 2.05) is 36.4 Å². The monoisotopic (exact) mass is 1100 g/mol. The number of benzene rings is 12. The quantitative estimate of drug-likeness (QED) is 0.156. The Labute approximate surface area is 504 Å². The second-order valence-electron chi connectivity index (χ2n) is 22.9. The minimum Gasteiger partial charge on any atom is -0.458 e. The molecule has 6 aliphatic heterocycles. The van der Waals surface area contributed by atoms with E-state index in [0.717, 1.165) is 140 Å². The first-order valence-electron chi connectivity index (χ1n) is 29.3. The standard InChI is InChI=1S/C75H43B3N8O/c79-44-47-34-66-73-67(35-47)83(51-22-8-2-9-23-51)62-42-64-59(40-57(62)76(73)55-30-16-18-32-61(55)82(66)50-20-6-1-7-21-50)78-60-41-58-63(86(54-28-14-5-15-29-54)70-38-49(46-81)39-72-75(70)77(58)56-31-17-19-33-71(56)87-72)43-65(60)85(53-26-12-4-13-27-53)69-37-48(45-80)36-68(74(69)78)84(64)52-24-10-3-11-25-52/h1-43H. The van der Waals surface area contributed by atoms with E-state index in [1.54, 1.807) is 0 Å². The zero-order valence-corrected chi connectivity index (χ0v) is 46.5. The van der Waals surface area contributed by atoms with Crippen molar-refractivity contribution in [3.05, 3.63) is 278 Å². The van der Waals surface area contributed by atoms with Crippen molar-refractivity contribution in [3.8, 4) is 29.7 Å². The zero-order chi connectivity index (χ0) is 57.6. The minimum absolute atomic E-state index is 0.259. The molecule has 0 N–H and O–H groups in total. The summed E-state index contributed by atoms with van der Waals surface area (Å²) in [6.07, 6.45) is 0. The van der Waals surface area contributed by atoms with Crippen molar-refractivity contribution >= 4 is 155 Å². The van der Waals surface area contributed by atoms with Crippen molar-refractivity contribution in [1.29, 1.82) is 15.8 Å². The summed E-state index contributed by atoms with van der Waals surface area (Å²) in [5.74, 6) is 1.42.